The number of benzene rings is 1. The van der Waals surface area contributed by atoms with Crippen LogP contribution in [0.4, 0.5) is 0 Å². The summed E-state index contributed by atoms with van der Waals surface area (Å²) >= 11 is 1.66. The number of hydrogen-bond donors (Lipinski definition) is 1. The van der Waals surface area contributed by atoms with Crippen LogP contribution >= 0.6 is 11.3 Å². The van der Waals surface area contributed by atoms with Crippen molar-refractivity contribution in [1.82, 2.24) is 20.3 Å². The van der Waals surface area contributed by atoms with Crippen molar-refractivity contribution in [3.63, 3.8) is 0 Å². The minimum absolute atomic E-state index is 0.429. The van der Waals surface area contributed by atoms with Crippen LogP contribution in [0, 0.1) is 5.92 Å². The second-order valence-corrected chi connectivity index (χ2v) is 7.28. The molecule has 1 atom stereocenters. The van der Waals surface area contributed by atoms with E-state index in [-0.39, 0.29) is 0 Å². The molecule has 0 radical (unpaired) electrons. The van der Waals surface area contributed by atoms with Gasteiger partial charge < -0.3 is 5.32 Å². The van der Waals surface area contributed by atoms with Crippen LogP contribution in [0.5, 0.6) is 0 Å². The predicted octanol–water partition coefficient (Wildman–Crippen LogP) is 4.23. The molecule has 122 valence electrons. The van der Waals surface area contributed by atoms with Crippen LogP contribution in [0.15, 0.2) is 55.0 Å². The van der Waals surface area contributed by atoms with Gasteiger partial charge in [-0.3, -0.25) is 0 Å². The molecule has 2 heterocycles. The molecule has 2 aromatic heterocycles. The van der Waals surface area contributed by atoms with Crippen molar-refractivity contribution in [3.05, 3.63) is 65.4 Å². The van der Waals surface area contributed by atoms with Gasteiger partial charge in [0.1, 0.15) is 0 Å². The van der Waals surface area contributed by atoms with E-state index in [0.29, 0.717) is 11.9 Å². The van der Waals surface area contributed by atoms with Gasteiger partial charge in [0.25, 0.3) is 0 Å². The molecule has 1 fully saturated rings. The summed E-state index contributed by atoms with van der Waals surface area (Å²) in [4.78, 5) is 14.2. The molecule has 1 aliphatic carbocycles. The highest BCUT2D eigenvalue weighted by atomic mass is 32.1. The molecule has 0 aliphatic heterocycles. The van der Waals surface area contributed by atoms with E-state index in [1.165, 1.54) is 29.7 Å². The Morgan fingerprint density at radius 3 is 2.54 bits per heavy atom. The first-order valence-electron chi connectivity index (χ1n) is 8.40. The maximum absolute atomic E-state index is 4.47. The minimum atomic E-state index is 0.429. The summed E-state index contributed by atoms with van der Waals surface area (Å²) in [5.74, 6) is 1.45. The van der Waals surface area contributed by atoms with Gasteiger partial charge in [-0.25, -0.2) is 15.0 Å². The molecule has 3 aromatic rings. The SMILES string of the molecule is c1ccc(C(NCc2cnc(-c3ncccn3)s2)C2CCC2)cc1. The van der Waals surface area contributed by atoms with Crippen molar-refractivity contribution in [1.29, 1.82) is 0 Å². The zero-order chi connectivity index (χ0) is 16.2. The van der Waals surface area contributed by atoms with E-state index in [1.54, 1.807) is 23.7 Å². The fourth-order valence-electron chi connectivity index (χ4n) is 3.10. The highest BCUT2D eigenvalue weighted by molar-refractivity contribution is 7.14. The molecule has 1 N–H and O–H groups in total. The standard InChI is InChI=1S/C19H20N4S/c1-2-6-14(7-3-1)17(15-8-4-9-15)22-12-16-13-23-19(24-16)18-20-10-5-11-21-18/h1-3,5-7,10-11,13,15,17,22H,4,8-9,12H2. The van der Waals surface area contributed by atoms with Gasteiger partial charge >= 0.3 is 0 Å². The molecule has 0 spiro atoms. The molecule has 1 unspecified atom stereocenters. The lowest BCUT2D eigenvalue weighted by Crippen LogP contribution is -2.31. The molecule has 0 amide bonds. The molecule has 0 bridgehead atoms. The highest BCUT2D eigenvalue weighted by Gasteiger charge is 2.28. The van der Waals surface area contributed by atoms with E-state index in [0.717, 1.165) is 17.5 Å². The number of hydrogen-bond acceptors (Lipinski definition) is 5. The van der Waals surface area contributed by atoms with Crippen LogP contribution in [0.2, 0.25) is 0 Å². The zero-order valence-corrected chi connectivity index (χ0v) is 14.2. The quantitative estimate of drug-likeness (QED) is 0.732. The van der Waals surface area contributed by atoms with Gasteiger partial charge in [0, 0.05) is 36.1 Å². The molecule has 5 heteroatoms. The van der Waals surface area contributed by atoms with E-state index in [9.17, 15) is 0 Å². The monoisotopic (exact) mass is 336 g/mol. The van der Waals surface area contributed by atoms with Gasteiger partial charge in [-0.1, -0.05) is 36.8 Å². The average molecular weight is 336 g/mol. The Hall–Kier alpha value is -2.11. The summed E-state index contributed by atoms with van der Waals surface area (Å²) < 4.78 is 0. The van der Waals surface area contributed by atoms with E-state index in [2.05, 4.69) is 50.6 Å². The van der Waals surface area contributed by atoms with Crippen molar-refractivity contribution in [2.24, 2.45) is 5.92 Å². The van der Waals surface area contributed by atoms with Crippen LogP contribution in [-0.4, -0.2) is 15.0 Å². The second-order valence-electron chi connectivity index (χ2n) is 6.16. The maximum Gasteiger partial charge on any atom is 0.188 e. The number of aromatic nitrogens is 3. The van der Waals surface area contributed by atoms with Gasteiger partial charge in [-0.05, 0) is 30.4 Å². The maximum atomic E-state index is 4.47. The van der Waals surface area contributed by atoms with Crippen LogP contribution < -0.4 is 5.32 Å². The Labute approximate surface area is 146 Å². The molecular weight excluding hydrogens is 316 g/mol. The Morgan fingerprint density at radius 1 is 1.04 bits per heavy atom. The van der Waals surface area contributed by atoms with E-state index in [1.807, 2.05) is 12.3 Å². The first kappa shape index (κ1) is 15.4. The molecule has 4 nitrogen and oxygen atoms in total. The average Bonchev–Trinajstić information content (AvgIpc) is 3.07. The summed E-state index contributed by atoms with van der Waals surface area (Å²) in [5, 5.41) is 4.63. The Kier molecular flexibility index (Phi) is 4.62. The van der Waals surface area contributed by atoms with Crippen LogP contribution in [0.3, 0.4) is 0 Å². The first-order valence-corrected chi connectivity index (χ1v) is 9.22. The Bertz CT molecular complexity index is 768. The lowest BCUT2D eigenvalue weighted by molar-refractivity contribution is 0.230. The van der Waals surface area contributed by atoms with Gasteiger partial charge in [-0.2, -0.15) is 0 Å². The molecule has 1 aliphatic rings. The summed E-state index contributed by atoms with van der Waals surface area (Å²) in [6.07, 6.45) is 9.43. The van der Waals surface area contributed by atoms with E-state index >= 15 is 0 Å². The number of nitrogens with zero attached hydrogens (tertiary/aromatic N) is 3. The summed E-state index contributed by atoms with van der Waals surface area (Å²) in [7, 11) is 0. The molecule has 1 aromatic carbocycles. The Balaban J connectivity index is 1.46. The molecule has 1 saturated carbocycles. The lowest BCUT2D eigenvalue weighted by atomic mass is 9.77. The lowest BCUT2D eigenvalue weighted by Gasteiger charge is -2.34. The van der Waals surface area contributed by atoms with Crippen molar-refractivity contribution in [2.75, 3.05) is 0 Å². The third-order valence-corrected chi connectivity index (χ3v) is 5.58. The summed E-state index contributed by atoms with van der Waals surface area (Å²) in [6, 6.07) is 13.0. The van der Waals surface area contributed by atoms with Crippen LogP contribution in [0.1, 0.15) is 35.7 Å². The van der Waals surface area contributed by atoms with Crippen LogP contribution in [-0.2, 0) is 6.54 Å². The van der Waals surface area contributed by atoms with Crippen molar-refractivity contribution >= 4 is 11.3 Å². The van der Waals surface area contributed by atoms with E-state index < -0.39 is 0 Å². The largest absolute Gasteiger partial charge is 0.305 e. The third-order valence-electron chi connectivity index (χ3n) is 4.59. The highest BCUT2D eigenvalue weighted by Crippen LogP contribution is 2.38. The molecular formula is C19H20N4S. The van der Waals surface area contributed by atoms with Crippen molar-refractivity contribution < 1.29 is 0 Å². The normalized spacial score (nSPS) is 15.8. The van der Waals surface area contributed by atoms with E-state index in [4.69, 9.17) is 0 Å². The van der Waals surface area contributed by atoms with Gasteiger partial charge in [-0.15, -0.1) is 11.3 Å². The fraction of sp³-hybridized carbons (Fsp3) is 0.316. The topological polar surface area (TPSA) is 50.7 Å². The molecule has 24 heavy (non-hydrogen) atoms. The first-order chi connectivity index (χ1) is 11.9. The number of nitrogens with one attached hydrogen (secondary N) is 1. The minimum Gasteiger partial charge on any atom is -0.305 e. The fourth-order valence-corrected chi connectivity index (χ4v) is 3.91. The van der Waals surface area contributed by atoms with Gasteiger partial charge in [0.2, 0.25) is 0 Å². The summed E-state index contributed by atoms with van der Waals surface area (Å²) in [5.41, 5.74) is 1.39. The second kappa shape index (κ2) is 7.20. The predicted molar refractivity (Wildman–Crippen MR) is 96.5 cm³/mol. The van der Waals surface area contributed by atoms with Crippen molar-refractivity contribution in [2.45, 2.75) is 31.8 Å². The Morgan fingerprint density at radius 2 is 1.83 bits per heavy atom. The number of thiazole rings is 1. The third kappa shape index (κ3) is 3.37. The van der Waals surface area contributed by atoms with Gasteiger partial charge in [0.15, 0.2) is 10.8 Å². The van der Waals surface area contributed by atoms with Gasteiger partial charge in [0.05, 0.1) is 0 Å². The molecule has 4 rings (SSSR count). The number of rotatable bonds is 6. The van der Waals surface area contributed by atoms with Crippen LogP contribution in [0.25, 0.3) is 10.8 Å². The zero-order valence-electron chi connectivity index (χ0n) is 13.4. The molecule has 0 saturated heterocycles. The van der Waals surface area contributed by atoms with Crippen molar-refractivity contribution in [3.8, 4) is 10.8 Å². The smallest absolute Gasteiger partial charge is 0.188 e. The summed E-state index contributed by atoms with van der Waals surface area (Å²) in [6.45, 7) is 0.834.